The molecule has 0 amide bonds. The van der Waals surface area contributed by atoms with Gasteiger partial charge >= 0.3 is 0 Å². The van der Waals surface area contributed by atoms with Crippen LogP contribution in [0.5, 0.6) is 0 Å². The van der Waals surface area contributed by atoms with E-state index in [2.05, 4.69) is 9.97 Å². The van der Waals surface area contributed by atoms with E-state index < -0.39 is 9.84 Å². The molecule has 0 saturated heterocycles. The Morgan fingerprint density at radius 1 is 1.38 bits per heavy atom. The van der Waals surface area contributed by atoms with Gasteiger partial charge in [-0.3, -0.25) is 0 Å². The van der Waals surface area contributed by atoms with E-state index in [1.165, 1.54) is 0 Å². The van der Waals surface area contributed by atoms with E-state index >= 15 is 0 Å². The molecular formula is C10H14N2O3S. The molecule has 2 rings (SSSR count). The van der Waals surface area contributed by atoms with Crippen LogP contribution in [0.1, 0.15) is 22.8 Å². The predicted molar refractivity (Wildman–Crippen MR) is 58.8 cm³/mol. The summed E-state index contributed by atoms with van der Waals surface area (Å²) in [6, 6.07) is 0. The Balaban J connectivity index is 2.44. The number of fused-ring (bicyclic) bond motifs is 1. The Labute approximate surface area is 94.5 Å². The first kappa shape index (κ1) is 11.5. The van der Waals surface area contributed by atoms with Crippen LogP contribution in [0, 0.1) is 6.92 Å². The Hall–Kier alpha value is -1.01. The van der Waals surface area contributed by atoms with E-state index in [1.807, 2.05) is 0 Å². The first-order valence-corrected chi connectivity index (χ1v) is 7.00. The molecule has 0 aromatic carbocycles. The number of aromatic nitrogens is 2. The van der Waals surface area contributed by atoms with Crippen LogP contribution in [0.4, 0.5) is 0 Å². The van der Waals surface area contributed by atoms with Crippen LogP contribution in [0.3, 0.4) is 0 Å². The number of rotatable bonds is 2. The summed E-state index contributed by atoms with van der Waals surface area (Å²) in [6.45, 7) is 1.80. The summed E-state index contributed by atoms with van der Waals surface area (Å²) >= 11 is 0. The van der Waals surface area contributed by atoms with Gasteiger partial charge in [0.15, 0.2) is 9.84 Å². The lowest BCUT2D eigenvalue weighted by Crippen LogP contribution is -2.22. The molecule has 5 nitrogen and oxygen atoms in total. The maximum Gasteiger partial charge on any atom is 0.154 e. The fourth-order valence-corrected chi connectivity index (χ4v) is 3.33. The molecule has 88 valence electrons. The molecule has 2 heterocycles. The van der Waals surface area contributed by atoms with Gasteiger partial charge < -0.3 is 5.11 Å². The molecule has 1 aliphatic rings. The molecule has 0 atom stereocenters. The van der Waals surface area contributed by atoms with E-state index in [1.54, 1.807) is 6.92 Å². The number of sulfone groups is 1. The second-order valence-corrected chi connectivity index (χ2v) is 6.15. The van der Waals surface area contributed by atoms with Gasteiger partial charge in [0.25, 0.3) is 0 Å². The molecule has 0 aliphatic carbocycles. The normalized spacial score (nSPS) is 18.1. The van der Waals surface area contributed by atoms with Gasteiger partial charge in [0.05, 0.1) is 18.1 Å². The maximum atomic E-state index is 11.5. The number of aliphatic hydroxyl groups excluding tert-OH is 1. The van der Waals surface area contributed by atoms with Crippen LogP contribution >= 0.6 is 0 Å². The monoisotopic (exact) mass is 242 g/mol. The lowest BCUT2D eigenvalue weighted by molar-refractivity contribution is 0.296. The predicted octanol–water partition coefficient (Wildman–Crippen LogP) is -0.209. The first-order valence-electron chi connectivity index (χ1n) is 5.18. The summed E-state index contributed by atoms with van der Waals surface area (Å²) in [5.41, 5.74) is 2.29. The van der Waals surface area contributed by atoms with Crippen LogP contribution in [0.25, 0.3) is 0 Å². The Morgan fingerprint density at radius 2 is 2.12 bits per heavy atom. The quantitative estimate of drug-likeness (QED) is 0.776. The molecule has 0 radical (unpaired) electrons. The highest BCUT2D eigenvalue weighted by atomic mass is 32.2. The van der Waals surface area contributed by atoms with Gasteiger partial charge in [0.1, 0.15) is 5.82 Å². The van der Waals surface area contributed by atoms with Gasteiger partial charge in [-0.1, -0.05) is 0 Å². The molecule has 0 saturated carbocycles. The number of hydrogen-bond acceptors (Lipinski definition) is 5. The highest BCUT2D eigenvalue weighted by Crippen LogP contribution is 2.21. The van der Waals surface area contributed by atoms with Crippen molar-refractivity contribution in [2.75, 3.05) is 12.4 Å². The molecule has 16 heavy (non-hydrogen) atoms. The third-order valence-electron chi connectivity index (χ3n) is 2.70. The molecule has 1 aromatic rings. The second kappa shape index (κ2) is 4.10. The zero-order valence-electron chi connectivity index (χ0n) is 9.10. The van der Waals surface area contributed by atoms with E-state index in [-0.39, 0.29) is 18.1 Å². The Morgan fingerprint density at radius 3 is 2.81 bits per heavy atom. The molecule has 0 fully saturated rings. The average Bonchev–Trinajstić information content (AvgIpc) is 2.19. The molecule has 1 aliphatic heterocycles. The molecule has 1 aromatic heterocycles. The van der Waals surface area contributed by atoms with E-state index in [0.29, 0.717) is 18.7 Å². The minimum atomic E-state index is -2.97. The number of aliphatic hydroxyl groups is 1. The fraction of sp³-hybridized carbons (Fsp3) is 0.600. The summed E-state index contributed by atoms with van der Waals surface area (Å²) in [6.07, 6.45) is 0.875. The lowest BCUT2D eigenvalue weighted by atomic mass is 10.1. The van der Waals surface area contributed by atoms with Gasteiger partial charge in [-0.05, 0) is 6.92 Å². The summed E-state index contributed by atoms with van der Waals surface area (Å²) in [7, 11) is -2.97. The van der Waals surface area contributed by atoms with Crippen molar-refractivity contribution in [1.82, 2.24) is 9.97 Å². The van der Waals surface area contributed by atoms with E-state index in [0.717, 1.165) is 17.0 Å². The SMILES string of the molecule is Cc1nc(CCO)nc2c1CS(=O)(=O)CC2. The van der Waals surface area contributed by atoms with Crippen LogP contribution in [-0.2, 0) is 28.4 Å². The van der Waals surface area contributed by atoms with Crippen molar-refractivity contribution in [2.45, 2.75) is 25.5 Å². The van der Waals surface area contributed by atoms with Crippen molar-refractivity contribution >= 4 is 9.84 Å². The Kier molecular flexibility index (Phi) is 2.94. The van der Waals surface area contributed by atoms with Crippen molar-refractivity contribution in [3.63, 3.8) is 0 Å². The average molecular weight is 242 g/mol. The standard InChI is InChI=1S/C10H14N2O3S/c1-7-8-6-16(14,15)5-3-9(8)12-10(11-7)2-4-13/h13H,2-6H2,1H3. The molecule has 0 unspecified atom stereocenters. The molecule has 6 heteroatoms. The highest BCUT2D eigenvalue weighted by molar-refractivity contribution is 7.90. The van der Waals surface area contributed by atoms with Gasteiger partial charge in [0.2, 0.25) is 0 Å². The van der Waals surface area contributed by atoms with Crippen molar-refractivity contribution in [1.29, 1.82) is 0 Å². The summed E-state index contributed by atoms with van der Waals surface area (Å²) in [5.74, 6) is 0.806. The van der Waals surface area contributed by atoms with Gasteiger partial charge in [0, 0.05) is 29.8 Å². The van der Waals surface area contributed by atoms with Crippen molar-refractivity contribution < 1.29 is 13.5 Å². The first-order chi connectivity index (χ1) is 7.52. The molecule has 0 bridgehead atoms. The number of nitrogens with zero attached hydrogens (tertiary/aromatic N) is 2. The van der Waals surface area contributed by atoms with E-state index in [4.69, 9.17) is 5.11 Å². The smallest absolute Gasteiger partial charge is 0.154 e. The second-order valence-electron chi connectivity index (χ2n) is 3.97. The third kappa shape index (κ3) is 2.22. The van der Waals surface area contributed by atoms with Gasteiger partial charge in [-0.2, -0.15) is 0 Å². The number of hydrogen-bond donors (Lipinski definition) is 1. The van der Waals surface area contributed by atoms with Crippen LogP contribution < -0.4 is 0 Å². The summed E-state index contributed by atoms with van der Waals surface area (Å²) < 4.78 is 23.0. The van der Waals surface area contributed by atoms with Crippen molar-refractivity contribution in [3.05, 3.63) is 22.8 Å². The van der Waals surface area contributed by atoms with Gasteiger partial charge in [-0.25, -0.2) is 18.4 Å². The number of aryl methyl sites for hydroxylation is 2. The summed E-state index contributed by atoms with van der Waals surface area (Å²) in [4.78, 5) is 8.50. The van der Waals surface area contributed by atoms with Crippen LogP contribution in [0.2, 0.25) is 0 Å². The topological polar surface area (TPSA) is 80.2 Å². The highest BCUT2D eigenvalue weighted by Gasteiger charge is 2.24. The zero-order valence-corrected chi connectivity index (χ0v) is 9.92. The lowest BCUT2D eigenvalue weighted by Gasteiger charge is -2.17. The molecule has 1 N–H and O–H groups in total. The fourth-order valence-electron chi connectivity index (χ4n) is 1.87. The van der Waals surface area contributed by atoms with Crippen LogP contribution in [0.15, 0.2) is 0 Å². The van der Waals surface area contributed by atoms with Crippen molar-refractivity contribution in [2.24, 2.45) is 0 Å². The largest absolute Gasteiger partial charge is 0.396 e. The summed E-state index contributed by atoms with van der Waals surface area (Å²) in [5, 5.41) is 8.82. The van der Waals surface area contributed by atoms with E-state index in [9.17, 15) is 8.42 Å². The van der Waals surface area contributed by atoms with Gasteiger partial charge in [-0.15, -0.1) is 0 Å². The molecular weight excluding hydrogens is 228 g/mol. The van der Waals surface area contributed by atoms with Crippen molar-refractivity contribution in [3.8, 4) is 0 Å². The maximum absolute atomic E-state index is 11.5. The van der Waals surface area contributed by atoms with Crippen LogP contribution in [-0.4, -0.2) is 35.9 Å². The minimum Gasteiger partial charge on any atom is -0.396 e. The molecule has 0 spiro atoms. The Bertz CT molecular complexity index is 511. The minimum absolute atomic E-state index is 0.0104. The zero-order chi connectivity index (χ0) is 11.8. The third-order valence-corrected chi connectivity index (χ3v) is 4.25.